The maximum absolute atomic E-state index is 12.0. The first-order chi connectivity index (χ1) is 10.6. The van der Waals surface area contributed by atoms with Crippen LogP contribution in [0.1, 0.15) is 25.3 Å². The molecule has 0 fully saturated rings. The zero-order chi connectivity index (χ0) is 16.1. The van der Waals surface area contributed by atoms with Gasteiger partial charge in [0.15, 0.2) is 0 Å². The average molecular weight is 304 g/mol. The first-order valence-corrected chi connectivity index (χ1v) is 7.25. The second kappa shape index (κ2) is 7.11. The Kier molecular flexibility index (Phi) is 5.20. The van der Waals surface area contributed by atoms with Crippen LogP contribution < -0.4 is 4.74 Å². The maximum atomic E-state index is 12.0. The highest BCUT2D eigenvalue weighted by Crippen LogP contribution is 2.41. The lowest BCUT2D eigenvalue weighted by atomic mass is 9.79. The van der Waals surface area contributed by atoms with E-state index >= 15 is 0 Å². The minimum Gasteiger partial charge on any atom is -0.489 e. The molecule has 2 unspecified atom stereocenters. The molecule has 1 aliphatic heterocycles. The van der Waals surface area contributed by atoms with Gasteiger partial charge in [-0.15, -0.1) is 0 Å². The van der Waals surface area contributed by atoms with Crippen molar-refractivity contribution in [3.8, 4) is 5.75 Å². The number of methoxy groups -OCH3 is 1. The Morgan fingerprint density at radius 3 is 2.82 bits per heavy atom. The van der Waals surface area contributed by atoms with E-state index in [9.17, 15) is 9.59 Å². The summed E-state index contributed by atoms with van der Waals surface area (Å²) in [4.78, 5) is 23.7. The second-order valence-corrected chi connectivity index (χ2v) is 5.09. The normalized spacial score (nSPS) is 19.8. The van der Waals surface area contributed by atoms with Crippen LogP contribution in [-0.4, -0.2) is 32.3 Å². The summed E-state index contributed by atoms with van der Waals surface area (Å²) in [5.74, 6) is -0.708. The summed E-state index contributed by atoms with van der Waals surface area (Å²) in [5, 5.41) is 0. The topological polar surface area (TPSA) is 61.8 Å². The molecule has 5 heteroatoms. The van der Waals surface area contributed by atoms with Crippen LogP contribution in [0, 0.1) is 5.92 Å². The van der Waals surface area contributed by atoms with Gasteiger partial charge in [-0.05, 0) is 18.6 Å². The minimum absolute atomic E-state index is 0.252. The number of hydrogen-bond acceptors (Lipinski definition) is 5. The van der Waals surface area contributed by atoms with Crippen LogP contribution in [0.5, 0.6) is 5.75 Å². The Bertz CT molecular complexity index is 590. The van der Waals surface area contributed by atoms with Crippen LogP contribution in [0.25, 0.3) is 0 Å². The van der Waals surface area contributed by atoms with E-state index in [1.54, 1.807) is 13.8 Å². The first-order valence-electron chi connectivity index (χ1n) is 7.25. The molecule has 5 nitrogen and oxygen atoms in total. The van der Waals surface area contributed by atoms with E-state index < -0.39 is 11.9 Å². The van der Waals surface area contributed by atoms with Crippen molar-refractivity contribution >= 4 is 11.9 Å². The number of carbonyl (C=O) groups is 2. The lowest BCUT2D eigenvalue weighted by Crippen LogP contribution is -2.28. The second-order valence-electron chi connectivity index (χ2n) is 5.09. The molecule has 0 aromatic heterocycles. The molecule has 0 saturated heterocycles. The largest absolute Gasteiger partial charge is 0.489 e. The third-order valence-electron chi connectivity index (χ3n) is 3.71. The monoisotopic (exact) mass is 304 g/mol. The summed E-state index contributed by atoms with van der Waals surface area (Å²) in [6, 6.07) is 7.51. The molecular weight excluding hydrogens is 284 g/mol. The number of ether oxygens (including phenoxy) is 3. The van der Waals surface area contributed by atoms with E-state index in [1.807, 2.05) is 24.3 Å². The molecule has 22 heavy (non-hydrogen) atoms. The molecule has 0 aliphatic carbocycles. The molecule has 0 bridgehead atoms. The van der Waals surface area contributed by atoms with Crippen molar-refractivity contribution in [2.45, 2.75) is 19.8 Å². The molecule has 1 heterocycles. The zero-order valence-electron chi connectivity index (χ0n) is 13.0. The third kappa shape index (κ3) is 3.30. The van der Waals surface area contributed by atoms with Crippen molar-refractivity contribution < 1.29 is 23.8 Å². The van der Waals surface area contributed by atoms with Gasteiger partial charge in [-0.3, -0.25) is 4.79 Å². The van der Waals surface area contributed by atoms with E-state index in [1.165, 1.54) is 13.2 Å². The van der Waals surface area contributed by atoms with Gasteiger partial charge in [0.1, 0.15) is 12.4 Å². The number of fused-ring (bicyclic) bond motifs is 1. The molecule has 0 radical (unpaired) electrons. The summed E-state index contributed by atoms with van der Waals surface area (Å²) < 4.78 is 15.5. The lowest BCUT2D eigenvalue weighted by Gasteiger charge is -2.31. The minimum atomic E-state index is -0.428. The Morgan fingerprint density at radius 2 is 2.14 bits per heavy atom. The molecule has 2 rings (SSSR count). The maximum Gasteiger partial charge on any atom is 0.330 e. The number of benzene rings is 1. The smallest absolute Gasteiger partial charge is 0.330 e. The summed E-state index contributed by atoms with van der Waals surface area (Å²) in [6.07, 6.45) is 1.42. The quantitative estimate of drug-likeness (QED) is 0.631. The number of para-hydroxylation sites is 1. The molecule has 1 aliphatic rings. The number of hydrogen-bond donors (Lipinski definition) is 0. The van der Waals surface area contributed by atoms with Crippen molar-refractivity contribution in [3.05, 3.63) is 41.5 Å². The van der Waals surface area contributed by atoms with Gasteiger partial charge in [0, 0.05) is 17.6 Å². The highest BCUT2D eigenvalue weighted by molar-refractivity contribution is 5.84. The van der Waals surface area contributed by atoms with E-state index in [4.69, 9.17) is 14.2 Å². The predicted octanol–water partition coefficient (Wildman–Crippen LogP) is 2.46. The van der Waals surface area contributed by atoms with Crippen molar-refractivity contribution in [1.82, 2.24) is 0 Å². The number of rotatable bonds is 4. The van der Waals surface area contributed by atoms with E-state index in [0.29, 0.717) is 6.61 Å². The number of esters is 2. The predicted molar refractivity (Wildman–Crippen MR) is 80.6 cm³/mol. The Labute approximate surface area is 129 Å². The standard InChI is InChI=1S/C17H20O5/c1-4-21-15(18)9-12-10-22-14-8-6-5-7-13(14)16(12)11(2)17(19)20-3/h5-9,11,16H,4,10H2,1-3H3. The third-order valence-corrected chi connectivity index (χ3v) is 3.71. The average Bonchev–Trinajstić information content (AvgIpc) is 2.53. The van der Waals surface area contributed by atoms with Crippen molar-refractivity contribution in [2.75, 3.05) is 20.3 Å². The van der Waals surface area contributed by atoms with Crippen LogP contribution in [0.2, 0.25) is 0 Å². The molecule has 0 N–H and O–H groups in total. The van der Waals surface area contributed by atoms with E-state index in [-0.39, 0.29) is 18.5 Å². The van der Waals surface area contributed by atoms with Crippen LogP contribution in [0.15, 0.2) is 35.9 Å². The van der Waals surface area contributed by atoms with E-state index in [2.05, 4.69) is 0 Å². The molecular formula is C17H20O5. The fraction of sp³-hybridized carbons (Fsp3) is 0.412. The zero-order valence-corrected chi connectivity index (χ0v) is 13.0. The molecule has 0 spiro atoms. The molecule has 118 valence electrons. The fourth-order valence-corrected chi connectivity index (χ4v) is 2.70. The van der Waals surface area contributed by atoms with Gasteiger partial charge in [0.2, 0.25) is 0 Å². The summed E-state index contributed by atoms with van der Waals surface area (Å²) in [5.41, 5.74) is 1.59. The Morgan fingerprint density at radius 1 is 1.41 bits per heavy atom. The van der Waals surface area contributed by atoms with Gasteiger partial charge >= 0.3 is 11.9 Å². The van der Waals surface area contributed by atoms with Gasteiger partial charge in [-0.25, -0.2) is 4.79 Å². The Balaban J connectivity index is 2.42. The van der Waals surface area contributed by atoms with Crippen LogP contribution in [-0.2, 0) is 19.1 Å². The van der Waals surface area contributed by atoms with Gasteiger partial charge in [-0.1, -0.05) is 25.1 Å². The van der Waals surface area contributed by atoms with Gasteiger partial charge in [0.05, 0.1) is 19.6 Å². The van der Waals surface area contributed by atoms with Crippen molar-refractivity contribution in [3.63, 3.8) is 0 Å². The first kappa shape index (κ1) is 16.1. The van der Waals surface area contributed by atoms with Crippen LogP contribution in [0.3, 0.4) is 0 Å². The molecule has 0 amide bonds. The SMILES string of the molecule is CCOC(=O)C=C1COc2ccccc2C1C(C)C(=O)OC. The highest BCUT2D eigenvalue weighted by Gasteiger charge is 2.34. The van der Waals surface area contributed by atoms with Crippen molar-refractivity contribution in [2.24, 2.45) is 5.92 Å². The molecule has 1 aromatic carbocycles. The molecule has 0 saturated carbocycles. The Hall–Kier alpha value is -2.30. The lowest BCUT2D eigenvalue weighted by molar-refractivity contribution is -0.145. The summed E-state index contributed by atoms with van der Waals surface area (Å²) in [6.45, 7) is 4.09. The van der Waals surface area contributed by atoms with Gasteiger partial charge < -0.3 is 14.2 Å². The fourth-order valence-electron chi connectivity index (χ4n) is 2.70. The molecule has 2 atom stereocenters. The van der Waals surface area contributed by atoms with Gasteiger partial charge in [-0.2, -0.15) is 0 Å². The molecule has 1 aromatic rings. The number of carbonyl (C=O) groups excluding carboxylic acids is 2. The summed E-state index contributed by atoms with van der Waals surface area (Å²) >= 11 is 0. The highest BCUT2D eigenvalue weighted by atomic mass is 16.5. The van der Waals surface area contributed by atoms with Crippen molar-refractivity contribution in [1.29, 1.82) is 0 Å². The van der Waals surface area contributed by atoms with Crippen LogP contribution in [0.4, 0.5) is 0 Å². The van der Waals surface area contributed by atoms with Crippen LogP contribution >= 0.6 is 0 Å². The summed E-state index contributed by atoms with van der Waals surface area (Å²) in [7, 11) is 1.36. The van der Waals surface area contributed by atoms with E-state index in [0.717, 1.165) is 16.9 Å². The van der Waals surface area contributed by atoms with Gasteiger partial charge in [0.25, 0.3) is 0 Å².